The van der Waals surface area contributed by atoms with Crippen LogP contribution in [0.3, 0.4) is 0 Å². The molecule has 5 heteroatoms. The summed E-state index contributed by atoms with van der Waals surface area (Å²) in [5.41, 5.74) is 8.15. The summed E-state index contributed by atoms with van der Waals surface area (Å²) in [6.07, 6.45) is 3.05. The lowest BCUT2D eigenvalue weighted by molar-refractivity contribution is -0.127. The van der Waals surface area contributed by atoms with Crippen molar-refractivity contribution in [3.05, 3.63) is 23.8 Å². The van der Waals surface area contributed by atoms with E-state index in [-0.39, 0.29) is 5.91 Å². The first-order valence-corrected chi connectivity index (χ1v) is 7.74. The van der Waals surface area contributed by atoms with Crippen molar-refractivity contribution in [1.29, 1.82) is 0 Å². The third kappa shape index (κ3) is 3.04. The summed E-state index contributed by atoms with van der Waals surface area (Å²) < 4.78 is 0. The molecule has 0 unspecified atom stereocenters. The van der Waals surface area contributed by atoms with Gasteiger partial charge in [-0.1, -0.05) is 6.07 Å². The van der Waals surface area contributed by atoms with Crippen LogP contribution in [0.25, 0.3) is 0 Å². The monoisotopic (exact) mass is 279 g/mol. The first-order chi connectivity index (χ1) is 9.17. The van der Waals surface area contributed by atoms with Gasteiger partial charge in [-0.2, -0.15) is 0 Å². The fourth-order valence-corrected chi connectivity index (χ4v) is 3.09. The molecule has 0 spiro atoms. The third-order valence-corrected chi connectivity index (χ3v) is 4.37. The van der Waals surface area contributed by atoms with E-state index in [9.17, 15) is 4.79 Å². The molecule has 1 saturated heterocycles. The lowest BCUT2D eigenvalue weighted by atomic mass is 10.1. The molecule has 19 heavy (non-hydrogen) atoms. The summed E-state index contributed by atoms with van der Waals surface area (Å²) in [7, 11) is 1.87. The topological polar surface area (TPSA) is 49.6 Å². The van der Waals surface area contributed by atoms with Gasteiger partial charge in [0, 0.05) is 42.8 Å². The summed E-state index contributed by atoms with van der Waals surface area (Å²) in [6.45, 7) is 2.69. The second kappa shape index (κ2) is 6.30. The van der Waals surface area contributed by atoms with Gasteiger partial charge in [-0.3, -0.25) is 4.79 Å². The highest BCUT2D eigenvalue weighted by atomic mass is 32.2. The molecule has 0 aromatic heterocycles. The highest BCUT2D eigenvalue weighted by Crippen LogP contribution is 2.30. The smallest absolute Gasteiger partial charge is 0.241 e. The molecule has 1 aromatic carbocycles. The zero-order valence-electron chi connectivity index (χ0n) is 11.6. The maximum absolute atomic E-state index is 12.0. The number of nitrogens with two attached hydrogens (primary N) is 1. The van der Waals surface area contributed by atoms with Gasteiger partial charge < -0.3 is 15.5 Å². The predicted octanol–water partition coefficient (Wildman–Crippen LogP) is 1.54. The van der Waals surface area contributed by atoms with Crippen LogP contribution in [0.5, 0.6) is 0 Å². The van der Waals surface area contributed by atoms with Gasteiger partial charge in [-0.25, -0.2) is 0 Å². The van der Waals surface area contributed by atoms with E-state index in [0.717, 1.165) is 30.8 Å². The number of rotatable bonds is 3. The Hall–Kier alpha value is -1.20. The Kier molecular flexibility index (Phi) is 4.71. The summed E-state index contributed by atoms with van der Waals surface area (Å²) in [5.74, 6) is 0.176. The van der Waals surface area contributed by atoms with Crippen molar-refractivity contribution in [3.63, 3.8) is 0 Å². The largest absolute Gasteiger partial charge is 0.362 e. The average Bonchev–Trinajstić information content (AvgIpc) is 2.60. The maximum Gasteiger partial charge on any atom is 0.241 e. The van der Waals surface area contributed by atoms with Gasteiger partial charge in [0.1, 0.15) is 0 Å². The fourth-order valence-electron chi connectivity index (χ4n) is 2.44. The first-order valence-electron chi connectivity index (χ1n) is 6.52. The van der Waals surface area contributed by atoms with Crippen LogP contribution in [0, 0.1) is 0 Å². The number of hydrogen-bond donors (Lipinski definition) is 1. The summed E-state index contributed by atoms with van der Waals surface area (Å²) >= 11 is 1.70. The summed E-state index contributed by atoms with van der Waals surface area (Å²) in [4.78, 5) is 17.2. The molecule has 4 nitrogen and oxygen atoms in total. The van der Waals surface area contributed by atoms with Crippen molar-refractivity contribution in [2.24, 2.45) is 5.73 Å². The number of anilines is 1. The molecule has 2 N–H and O–H groups in total. The van der Waals surface area contributed by atoms with Crippen molar-refractivity contribution in [2.75, 3.05) is 37.8 Å². The molecular formula is C14H21N3OS. The Labute approximate surface area is 118 Å². The molecule has 1 aliphatic heterocycles. The van der Waals surface area contributed by atoms with Crippen molar-refractivity contribution in [1.82, 2.24) is 4.90 Å². The van der Waals surface area contributed by atoms with Crippen molar-refractivity contribution in [3.8, 4) is 0 Å². The molecular weight excluding hydrogens is 258 g/mol. The van der Waals surface area contributed by atoms with Crippen LogP contribution in [0.2, 0.25) is 0 Å². The Bertz CT molecular complexity index is 464. The third-order valence-electron chi connectivity index (χ3n) is 3.55. The summed E-state index contributed by atoms with van der Waals surface area (Å²) in [6, 6.07) is 6.20. The van der Waals surface area contributed by atoms with E-state index in [1.807, 2.05) is 13.1 Å². The van der Waals surface area contributed by atoms with Gasteiger partial charge in [0.15, 0.2) is 0 Å². The number of likely N-dealkylation sites (N-methyl/N-ethyl adjacent to an activating group) is 1. The van der Waals surface area contributed by atoms with Crippen LogP contribution in [-0.4, -0.2) is 43.7 Å². The van der Waals surface area contributed by atoms with E-state index in [2.05, 4.69) is 23.3 Å². The number of carbonyl (C=O) groups excluding carboxylic acids is 1. The molecule has 1 aromatic rings. The van der Waals surface area contributed by atoms with E-state index in [1.54, 1.807) is 16.7 Å². The first kappa shape index (κ1) is 14.2. The summed E-state index contributed by atoms with van der Waals surface area (Å²) in [5, 5.41) is 0. The quantitative estimate of drug-likeness (QED) is 0.853. The van der Waals surface area contributed by atoms with Gasteiger partial charge in [-0.05, 0) is 24.8 Å². The van der Waals surface area contributed by atoms with E-state index >= 15 is 0 Å². The zero-order chi connectivity index (χ0) is 13.8. The van der Waals surface area contributed by atoms with Crippen molar-refractivity contribution < 1.29 is 4.79 Å². The number of thioether (sulfide) groups is 1. The number of nitrogens with zero attached hydrogens (tertiary/aromatic N) is 2. The normalized spacial score (nSPS) is 16.7. The van der Waals surface area contributed by atoms with Gasteiger partial charge in [0.05, 0.1) is 6.54 Å². The minimum atomic E-state index is 0.176. The van der Waals surface area contributed by atoms with Gasteiger partial charge in [0.2, 0.25) is 5.91 Å². The average molecular weight is 279 g/mol. The highest BCUT2D eigenvalue weighted by Gasteiger charge is 2.21. The zero-order valence-corrected chi connectivity index (χ0v) is 12.4. The van der Waals surface area contributed by atoms with Crippen LogP contribution >= 0.6 is 11.8 Å². The molecule has 0 aliphatic carbocycles. The second-order valence-electron chi connectivity index (χ2n) is 4.75. The molecule has 0 atom stereocenters. The fraction of sp³-hybridized carbons (Fsp3) is 0.500. The number of amides is 1. The van der Waals surface area contributed by atoms with Crippen LogP contribution in [-0.2, 0) is 11.3 Å². The minimum absolute atomic E-state index is 0.176. The molecule has 1 aliphatic rings. The van der Waals surface area contributed by atoms with Crippen molar-refractivity contribution >= 4 is 23.4 Å². The maximum atomic E-state index is 12.0. The van der Waals surface area contributed by atoms with Gasteiger partial charge >= 0.3 is 0 Å². The second-order valence-corrected chi connectivity index (χ2v) is 5.60. The van der Waals surface area contributed by atoms with E-state index in [4.69, 9.17) is 5.73 Å². The Morgan fingerprint density at radius 1 is 1.37 bits per heavy atom. The molecule has 104 valence electrons. The predicted molar refractivity (Wildman–Crippen MR) is 80.6 cm³/mol. The van der Waals surface area contributed by atoms with Crippen LogP contribution in [0.1, 0.15) is 12.0 Å². The van der Waals surface area contributed by atoms with Crippen LogP contribution in [0.15, 0.2) is 23.1 Å². The molecule has 0 bridgehead atoms. The Morgan fingerprint density at radius 3 is 2.84 bits per heavy atom. The van der Waals surface area contributed by atoms with Crippen LogP contribution in [0.4, 0.5) is 5.69 Å². The van der Waals surface area contributed by atoms with E-state index in [1.165, 1.54) is 4.90 Å². The van der Waals surface area contributed by atoms with Gasteiger partial charge in [-0.15, -0.1) is 11.8 Å². The highest BCUT2D eigenvalue weighted by molar-refractivity contribution is 7.98. The Balaban J connectivity index is 2.32. The molecule has 1 amide bonds. The number of carbonyl (C=O) groups is 1. The van der Waals surface area contributed by atoms with Crippen molar-refractivity contribution in [2.45, 2.75) is 17.9 Å². The number of benzene rings is 1. The lowest BCUT2D eigenvalue weighted by Crippen LogP contribution is -2.35. The molecule has 2 rings (SSSR count). The van der Waals surface area contributed by atoms with E-state index in [0.29, 0.717) is 13.1 Å². The number of hydrogen-bond acceptors (Lipinski definition) is 4. The standard InChI is InChI=1S/C14H21N3OS/c1-16-7-4-8-17(10-14(16)18)12-5-3-6-13(19-2)11(12)9-15/h3,5-6H,4,7-10,15H2,1-2H3. The van der Waals surface area contributed by atoms with E-state index < -0.39 is 0 Å². The lowest BCUT2D eigenvalue weighted by Gasteiger charge is -2.25. The van der Waals surface area contributed by atoms with Gasteiger partial charge in [0.25, 0.3) is 0 Å². The molecule has 1 fully saturated rings. The molecule has 0 saturated carbocycles. The van der Waals surface area contributed by atoms with Crippen LogP contribution < -0.4 is 10.6 Å². The SMILES string of the molecule is CSc1cccc(N2CCCN(C)C(=O)C2)c1CN. The minimum Gasteiger partial charge on any atom is -0.362 e. The molecule has 1 heterocycles. The molecule has 0 radical (unpaired) electrons. The Morgan fingerprint density at radius 2 is 2.16 bits per heavy atom.